The predicted molar refractivity (Wildman–Crippen MR) is 164 cm³/mol. The van der Waals surface area contributed by atoms with Crippen LogP contribution < -0.4 is 21.3 Å². The van der Waals surface area contributed by atoms with Gasteiger partial charge in [-0.2, -0.15) is 4.98 Å². The Kier molecular flexibility index (Phi) is 8.62. The van der Waals surface area contributed by atoms with E-state index in [0.717, 1.165) is 38.1 Å². The molecule has 0 unspecified atom stereocenters. The van der Waals surface area contributed by atoms with Crippen LogP contribution in [0.3, 0.4) is 0 Å². The van der Waals surface area contributed by atoms with E-state index in [1.807, 2.05) is 4.57 Å². The van der Waals surface area contributed by atoms with E-state index in [0.29, 0.717) is 62.9 Å². The second-order valence-corrected chi connectivity index (χ2v) is 11.0. The van der Waals surface area contributed by atoms with Crippen LogP contribution in [-0.4, -0.2) is 38.6 Å². The van der Waals surface area contributed by atoms with Crippen LogP contribution >= 0.6 is 11.6 Å². The van der Waals surface area contributed by atoms with Crippen molar-refractivity contribution in [3.05, 3.63) is 94.9 Å². The van der Waals surface area contributed by atoms with E-state index in [1.54, 1.807) is 24.4 Å². The predicted octanol–water partition coefficient (Wildman–Crippen LogP) is 6.82. The molecular weight excluding hydrogens is 593 g/mol. The quantitative estimate of drug-likeness (QED) is 0.152. The van der Waals surface area contributed by atoms with Crippen molar-refractivity contribution in [3.63, 3.8) is 0 Å². The SMILES string of the molecule is O=C(Nc1ccc(F)cc1)Nc1ccc(-c2nc3cnc(NCc4ccc(F)c(F)c4)nc3n2C[C@@H]2CCCNC2)c(Cl)c1. The topological polar surface area (TPSA) is 109 Å². The van der Waals surface area contributed by atoms with Gasteiger partial charge in [0.2, 0.25) is 5.95 Å². The first-order valence-electron chi connectivity index (χ1n) is 14.1. The number of nitrogens with zero attached hydrogens (tertiary/aromatic N) is 4. The number of fused-ring (bicyclic) bond motifs is 1. The summed E-state index contributed by atoms with van der Waals surface area (Å²) >= 11 is 6.76. The van der Waals surface area contributed by atoms with Crippen molar-refractivity contribution in [3.8, 4) is 11.4 Å². The standard InChI is InChI=1S/C31H28ClF3N8O/c32-24-13-22(40-31(44)39-21-6-4-20(33)5-7-21)8-9-23(24)28-41-27-16-38-30(37-15-18-3-10-25(34)26(35)12-18)42-29(27)43(28)17-19-2-1-11-36-14-19/h3-10,12-13,16,19,36H,1-2,11,14-15,17H2,(H,37,38,42)(H2,39,40,44)/t19-/m1/s1. The minimum Gasteiger partial charge on any atom is -0.350 e. The molecule has 9 nitrogen and oxygen atoms in total. The van der Waals surface area contributed by atoms with Gasteiger partial charge in [-0.25, -0.2) is 27.9 Å². The molecule has 2 amide bonds. The number of amides is 2. The fourth-order valence-corrected chi connectivity index (χ4v) is 5.42. The zero-order chi connectivity index (χ0) is 30.6. The molecule has 0 aliphatic carbocycles. The van der Waals surface area contributed by atoms with Gasteiger partial charge in [-0.15, -0.1) is 0 Å². The monoisotopic (exact) mass is 620 g/mol. The second-order valence-electron chi connectivity index (χ2n) is 10.5. The molecule has 0 bridgehead atoms. The molecule has 0 saturated carbocycles. The number of urea groups is 1. The average molecular weight is 621 g/mol. The van der Waals surface area contributed by atoms with E-state index >= 15 is 0 Å². The van der Waals surface area contributed by atoms with Crippen LogP contribution in [0.2, 0.25) is 5.02 Å². The Balaban J connectivity index is 1.27. The van der Waals surface area contributed by atoms with Crippen LogP contribution in [0.4, 0.5) is 35.3 Å². The van der Waals surface area contributed by atoms with Gasteiger partial charge in [0.05, 0.1) is 11.2 Å². The lowest BCUT2D eigenvalue weighted by Gasteiger charge is -2.24. The highest BCUT2D eigenvalue weighted by molar-refractivity contribution is 6.33. The maximum absolute atomic E-state index is 13.7. The summed E-state index contributed by atoms with van der Waals surface area (Å²) in [5.41, 5.74) is 3.26. The molecular formula is C31H28ClF3N8O. The molecule has 1 fully saturated rings. The molecule has 226 valence electrons. The first-order valence-corrected chi connectivity index (χ1v) is 14.5. The Bertz CT molecular complexity index is 1810. The molecule has 3 heterocycles. The summed E-state index contributed by atoms with van der Waals surface area (Å²) < 4.78 is 42.2. The highest BCUT2D eigenvalue weighted by Crippen LogP contribution is 2.33. The van der Waals surface area contributed by atoms with Crippen molar-refractivity contribution in [2.24, 2.45) is 5.92 Å². The number of hydrogen-bond acceptors (Lipinski definition) is 6. The lowest BCUT2D eigenvalue weighted by atomic mass is 9.99. The van der Waals surface area contributed by atoms with Crippen molar-refractivity contribution in [2.75, 3.05) is 29.0 Å². The first-order chi connectivity index (χ1) is 21.3. The summed E-state index contributed by atoms with van der Waals surface area (Å²) in [5, 5.41) is 12.3. The van der Waals surface area contributed by atoms with E-state index in [9.17, 15) is 18.0 Å². The van der Waals surface area contributed by atoms with Crippen LogP contribution in [-0.2, 0) is 13.1 Å². The first kappa shape index (κ1) is 29.4. The van der Waals surface area contributed by atoms with Gasteiger partial charge in [-0.1, -0.05) is 17.7 Å². The molecule has 6 rings (SSSR count). The highest BCUT2D eigenvalue weighted by atomic mass is 35.5. The Hall–Kier alpha value is -4.68. The number of benzene rings is 3. The molecule has 13 heteroatoms. The third-order valence-electron chi connectivity index (χ3n) is 7.33. The molecule has 0 spiro atoms. The Morgan fingerprint density at radius 1 is 0.977 bits per heavy atom. The van der Waals surface area contributed by atoms with Crippen LogP contribution in [0, 0.1) is 23.4 Å². The van der Waals surface area contributed by atoms with E-state index in [4.69, 9.17) is 21.6 Å². The number of carbonyl (C=O) groups excluding carboxylic acids is 1. The molecule has 1 aliphatic rings. The second kappa shape index (κ2) is 12.9. The zero-order valence-corrected chi connectivity index (χ0v) is 24.1. The van der Waals surface area contributed by atoms with Crippen LogP contribution in [0.25, 0.3) is 22.6 Å². The molecule has 4 N–H and O–H groups in total. The maximum atomic E-state index is 13.7. The number of hydrogen-bond donors (Lipinski definition) is 4. The number of carbonyl (C=O) groups is 1. The summed E-state index contributed by atoms with van der Waals surface area (Å²) in [5.74, 6) is -0.973. The number of halogens is 4. The Morgan fingerprint density at radius 2 is 1.77 bits per heavy atom. The summed E-state index contributed by atoms with van der Waals surface area (Å²) in [4.78, 5) is 26.4. The van der Waals surface area contributed by atoms with Gasteiger partial charge in [-0.05, 0) is 92.0 Å². The molecule has 3 aromatic carbocycles. The van der Waals surface area contributed by atoms with Crippen LogP contribution in [0.5, 0.6) is 0 Å². The van der Waals surface area contributed by atoms with Gasteiger partial charge >= 0.3 is 6.03 Å². The molecule has 0 radical (unpaired) electrons. The molecule has 1 aliphatic heterocycles. The minimum absolute atomic E-state index is 0.200. The van der Waals surface area contributed by atoms with E-state index in [-0.39, 0.29) is 6.54 Å². The van der Waals surface area contributed by atoms with Gasteiger partial charge < -0.3 is 25.8 Å². The summed E-state index contributed by atoms with van der Waals surface area (Å²) in [6.45, 7) is 2.66. The van der Waals surface area contributed by atoms with E-state index < -0.39 is 23.5 Å². The van der Waals surface area contributed by atoms with Gasteiger partial charge in [0.25, 0.3) is 0 Å². The highest BCUT2D eigenvalue weighted by Gasteiger charge is 2.22. The molecule has 44 heavy (non-hydrogen) atoms. The number of aromatic nitrogens is 4. The van der Waals surface area contributed by atoms with Crippen LogP contribution in [0.15, 0.2) is 66.9 Å². The maximum Gasteiger partial charge on any atom is 0.323 e. The van der Waals surface area contributed by atoms with Crippen molar-refractivity contribution >= 4 is 46.1 Å². The molecule has 1 atom stereocenters. The lowest BCUT2D eigenvalue weighted by Crippen LogP contribution is -2.32. The molecule has 1 saturated heterocycles. The van der Waals surface area contributed by atoms with Crippen molar-refractivity contribution in [1.82, 2.24) is 24.8 Å². The van der Waals surface area contributed by atoms with Crippen molar-refractivity contribution in [2.45, 2.75) is 25.9 Å². The van der Waals surface area contributed by atoms with Gasteiger partial charge in [-0.3, -0.25) is 0 Å². The number of imidazole rings is 1. The smallest absolute Gasteiger partial charge is 0.323 e. The van der Waals surface area contributed by atoms with Crippen molar-refractivity contribution < 1.29 is 18.0 Å². The van der Waals surface area contributed by atoms with Gasteiger partial charge in [0.15, 0.2) is 17.3 Å². The summed E-state index contributed by atoms with van der Waals surface area (Å²) in [6.07, 6.45) is 3.71. The number of anilines is 3. The van der Waals surface area contributed by atoms with E-state index in [2.05, 4.69) is 26.3 Å². The largest absolute Gasteiger partial charge is 0.350 e. The number of piperidine rings is 1. The van der Waals surface area contributed by atoms with E-state index in [1.165, 1.54) is 30.3 Å². The fourth-order valence-electron chi connectivity index (χ4n) is 5.15. The summed E-state index contributed by atoms with van der Waals surface area (Å²) in [7, 11) is 0. The number of rotatable bonds is 8. The third kappa shape index (κ3) is 6.76. The van der Waals surface area contributed by atoms with Gasteiger partial charge in [0.1, 0.15) is 17.2 Å². The number of nitrogens with one attached hydrogen (secondary N) is 4. The zero-order valence-electron chi connectivity index (χ0n) is 23.4. The Morgan fingerprint density at radius 3 is 2.52 bits per heavy atom. The normalized spacial score (nSPS) is 14.9. The minimum atomic E-state index is -0.920. The molecule has 5 aromatic rings. The molecule has 2 aromatic heterocycles. The summed E-state index contributed by atoms with van der Waals surface area (Å²) in [6, 6.07) is 13.8. The van der Waals surface area contributed by atoms with Crippen LogP contribution in [0.1, 0.15) is 18.4 Å². The average Bonchev–Trinajstić information content (AvgIpc) is 3.36. The van der Waals surface area contributed by atoms with Gasteiger partial charge in [0, 0.05) is 30.0 Å². The Labute approximate surface area is 255 Å². The fraction of sp³-hybridized carbons (Fsp3) is 0.226. The van der Waals surface area contributed by atoms with Crippen molar-refractivity contribution in [1.29, 1.82) is 0 Å². The lowest BCUT2D eigenvalue weighted by molar-refractivity contribution is 0.262. The third-order valence-corrected chi connectivity index (χ3v) is 7.64.